The van der Waals surface area contributed by atoms with Crippen LogP contribution in [-0.2, 0) is 14.9 Å². The molecule has 0 bridgehead atoms. The summed E-state index contributed by atoms with van der Waals surface area (Å²) in [5, 5.41) is 0. The lowest BCUT2D eigenvalue weighted by molar-refractivity contribution is -0.112. The molecule has 4 nitrogen and oxygen atoms in total. The number of hydrogen-bond acceptors (Lipinski definition) is 4. The van der Waals surface area contributed by atoms with E-state index in [0.29, 0.717) is 5.76 Å². The number of carbonyl (C=O) groups is 2. The topological polar surface area (TPSA) is 56.5 Å². The first-order valence-corrected chi connectivity index (χ1v) is 4.16. The highest BCUT2D eigenvalue weighted by atomic mass is 16.5. The predicted octanol–water partition coefficient (Wildman–Crippen LogP) is 1.54. The van der Waals surface area contributed by atoms with Crippen molar-refractivity contribution < 1.29 is 18.7 Å². The second-order valence-electron chi connectivity index (χ2n) is 3.50. The Morgan fingerprint density at radius 3 is 2.64 bits per heavy atom. The quantitative estimate of drug-likeness (QED) is 0.543. The Labute approximate surface area is 81.9 Å². The van der Waals surface area contributed by atoms with Gasteiger partial charge in [0.15, 0.2) is 0 Å². The molecule has 1 aromatic rings. The molecule has 0 saturated heterocycles. The van der Waals surface area contributed by atoms with Crippen molar-refractivity contribution >= 4 is 12.3 Å². The molecular weight excluding hydrogens is 184 g/mol. The maximum Gasteiger partial charge on any atom is 0.373 e. The summed E-state index contributed by atoms with van der Waals surface area (Å²) < 4.78 is 9.66. The van der Waals surface area contributed by atoms with Crippen LogP contribution >= 0.6 is 0 Å². The largest absolute Gasteiger partial charge is 0.463 e. The SMILES string of the molecule is COC(=O)c1ccc(C(C)(C)C=O)o1. The standard InChI is InChI=1S/C10H12O4/c1-10(2,6-11)8-5-4-7(14-8)9(12)13-3/h4-6H,1-3H3. The zero-order valence-corrected chi connectivity index (χ0v) is 8.37. The van der Waals surface area contributed by atoms with E-state index < -0.39 is 11.4 Å². The molecule has 14 heavy (non-hydrogen) atoms. The fourth-order valence-electron chi connectivity index (χ4n) is 0.953. The van der Waals surface area contributed by atoms with Crippen LogP contribution in [0.4, 0.5) is 0 Å². The van der Waals surface area contributed by atoms with Crippen LogP contribution in [0.15, 0.2) is 16.5 Å². The fourth-order valence-corrected chi connectivity index (χ4v) is 0.953. The van der Waals surface area contributed by atoms with Crippen molar-refractivity contribution in [3.63, 3.8) is 0 Å². The van der Waals surface area contributed by atoms with Gasteiger partial charge in [0.2, 0.25) is 5.76 Å². The van der Waals surface area contributed by atoms with E-state index >= 15 is 0 Å². The van der Waals surface area contributed by atoms with Gasteiger partial charge in [-0.2, -0.15) is 0 Å². The van der Waals surface area contributed by atoms with Gasteiger partial charge < -0.3 is 13.9 Å². The Hall–Kier alpha value is -1.58. The first kappa shape index (κ1) is 10.5. The Bertz CT molecular complexity index is 349. The minimum absolute atomic E-state index is 0.109. The van der Waals surface area contributed by atoms with Gasteiger partial charge in [0.1, 0.15) is 12.0 Å². The molecule has 1 rings (SSSR count). The van der Waals surface area contributed by atoms with Crippen LogP contribution < -0.4 is 0 Å². The van der Waals surface area contributed by atoms with Gasteiger partial charge in [-0.1, -0.05) is 0 Å². The van der Waals surface area contributed by atoms with E-state index in [0.717, 1.165) is 6.29 Å². The van der Waals surface area contributed by atoms with E-state index in [2.05, 4.69) is 4.74 Å². The summed E-state index contributed by atoms with van der Waals surface area (Å²) in [7, 11) is 1.27. The molecule has 0 unspecified atom stereocenters. The van der Waals surface area contributed by atoms with Crippen molar-refractivity contribution in [1.29, 1.82) is 0 Å². The van der Waals surface area contributed by atoms with Crippen molar-refractivity contribution in [2.24, 2.45) is 0 Å². The van der Waals surface area contributed by atoms with Crippen molar-refractivity contribution in [2.45, 2.75) is 19.3 Å². The van der Waals surface area contributed by atoms with Crippen LogP contribution in [0.3, 0.4) is 0 Å². The first-order chi connectivity index (χ1) is 6.51. The molecule has 0 N–H and O–H groups in total. The van der Waals surface area contributed by atoms with Crippen LogP contribution in [0.5, 0.6) is 0 Å². The molecule has 76 valence electrons. The molecule has 0 aliphatic heterocycles. The lowest BCUT2D eigenvalue weighted by Crippen LogP contribution is -2.17. The molecule has 0 aliphatic carbocycles. The lowest BCUT2D eigenvalue weighted by Gasteiger charge is -2.12. The molecule has 0 amide bonds. The summed E-state index contributed by atoms with van der Waals surface area (Å²) >= 11 is 0. The molecule has 0 fully saturated rings. The molecule has 1 heterocycles. The van der Waals surface area contributed by atoms with E-state index in [1.54, 1.807) is 19.9 Å². The molecule has 0 saturated carbocycles. The van der Waals surface area contributed by atoms with Crippen molar-refractivity contribution in [1.82, 2.24) is 0 Å². The molecule has 0 atom stereocenters. The zero-order chi connectivity index (χ0) is 10.8. The first-order valence-electron chi connectivity index (χ1n) is 4.16. The zero-order valence-electron chi connectivity index (χ0n) is 8.37. The Morgan fingerprint density at radius 2 is 2.14 bits per heavy atom. The van der Waals surface area contributed by atoms with Gasteiger partial charge in [0.25, 0.3) is 0 Å². The molecule has 4 heteroatoms. The van der Waals surface area contributed by atoms with Gasteiger partial charge in [-0.3, -0.25) is 0 Å². The lowest BCUT2D eigenvalue weighted by atomic mass is 9.93. The molecule has 1 aromatic heterocycles. The van der Waals surface area contributed by atoms with E-state index in [4.69, 9.17) is 4.42 Å². The number of ether oxygens (including phenoxy) is 1. The minimum Gasteiger partial charge on any atom is -0.463 e. The summed E-state index contributed by atoms with van der Waals surface area (Å²) in [4.78, 5) is 21.7. The number of methoxy groups -OCH3 is 1. The normalized spacial score (nSPS) is 11.1. The molecule has 0 aliphatic rings. The van der Waals surface area contributed by atoms with Gasteiger partial charge in [-0.05, 0) is 26.0 Å². The second kappa shape index (κ2) is 3.65. The van der Waals surface area contributed by atoms with E-state index in [9.17, 15) is 9.59 Å². The minimum atomic E-state index is -0.716. The van der Waals surface area contributed by atoms with Crippen molar-refractivity contribution in [2.75, 3.05) is 7.11 Å². The smallest absolute Gasteiger partial charge is 0.373 e. The summed E-state index contributed by atoms with van der Waals surface area (Å²) in [6, 6.07) is 3.09. The number of aldehydes is 1. The average molecular weight is 196 g/mol. The van der Waals surface area contributed by atoms with Crippen LogP contribution in [0.1, 0.15) is 30.2 Å². The van der Waals surface area contributed by atoms with Gasteiger partial charge in [0.05, 0.1) is 12.5 Å². The summed E-state index contributed by atoms with van der Waals surface area (Å²) in [6.07, 6.45) is 0.771. The van der Waals surface area contributed by atoms with Crippen molar-refractivity contribution in [3.05, 3.63) is 23.7 Å². The highest BCUT2D eigenvalue weighted by molar-refractivity contribution is 5.86. The van der Waals surface area contributed by atoms with E-state index in [-0.39, 0.29) is 5.76 Å². The van der Waals surface area contributed by atoms with Crippen molar-refractivity contribution in [3.8, 4) is 0 Å². The van der Waals surface area contributed by atoms with Gasteiger partial charge in [-0.15, -0.1) is 0 Å². The Balaban J connectivity index is 2.99. The summed E-state index contributed by atoms with van der Waals surface area (Å²) in [6.45, 7) is 3.42. The molecule has 0 radical (unpaired) electrons. The van der Waals surface area contributed by atoms with Crippen LogP contribution in [0, 0.1) is 0 Å². The number of hydrogen-bond donors (Lipinski definition) is 0. The van der Waals surface area contributed by atoms with Gasteiger partial charge in [0, 0.05) is 0 Å². The van der Waals surface area contributed by atoms with Crippen LogP contribution in [0.2, 0.25) is 0 Å². The number of carbonyl (C=O) groups excluding carboxylic acids is 2. The summed E-state index contributed by atoms with van der Waals surface area (Å²) in [5.74, 6) is 0.0169. The predicted molar refractivity (Wildman–Crippen MR) is 49.1 cm³/mol. The fraction of sp³-hybridized carbons (Fsp3) is 0.400. The third-order valence-electron chi connectivity index (χ3n) is 1.92. The maximum atomic E-state index is 11.0. The highest BCUT2D eigenvalue weighted by Gasteiger charge is 2.25. The van der Waals surface area contributed by atoms with E-state index in [1.165, 1.54) is 13.2 Å². The number of esters is 1. The molecule has 0 aromatic carbocycles. The van der Waals surface area contributed by atoms with E-state index in [1.807, 2.05) is 0 Å². The Morgan fingerprint density at radius 1 is 1.50 bits per heavy atom. The third-order valence-corrected chi connectivity index (χ3v) is 1.92. The third kappa shape index (κ3) is 1.84. The highest BCUT2D eigenvalue weighted by Crippen LogP contribution is 2.23. The van der Waals surface area contributed by atoms with Gasteiger partial charge >= 0.3 is 5.97 Å². The van der Waals surface area contributed by atoms with Gasteiger partial charge in [-0.25, -0.2) is 4.79 Å². The van der Waals surface area contributed by atoms with Crippen LogP contribution in [0.25, 0.3) is 0 Å². The second-order valence-corrected chi connectivity index (χ2v) is 3.50. The monoisotopic (exact) mass is 196 g/mol. The van der Waals surface area contributed by atoms with Crippen LogP contribution in [-0.4, -0.2) is 19.4 Å². The number of rotatable bonds is 3. The maximum absolute atomic E-state index is 11.0. The average Bonchev–Trinajstić information content (AvgIpc) is 2.66. The molecule has 0 spiro atoms. The Kier molecular flexibility index (Phi) is 2.74. The summed E-state index contributed by atoms with van der Waals surface area (Å²) in [5.41, 5.74) is -0.716. The molecular formula is C10H12O4. The number of furan rings is 1.